The number of benzene rings is 1. The summed E-state index contributed by atoms with van der Waals surface area (Å²) in [5, 5.41) is 5.12. The first-order chi connectivity index (χ1) is 9.24. The standard InChI is InChI=1S/C14H17FN2O3/c1-14(2,3)20-13(19)17-11-7-8-6-9(15)4-5-10(8)16-12(11)18/h4-6,11H,7H2,1-3H3,(H,16,18)(H,17,19). The van der Waals surface area contributed by atoms with Crippen LogP contribution in [0, 0.1) is 5.82 Å². The number of nitrogens with one attached hydrogen (secondary N) is 2. The molecule has 0 fully saturated rings. The average Bonchev–Trinajstić information content (AvgIpc) is 2.28. The third-order valence-corrected chi connectivity index (χ3v) is 2.76. The van der Waals surface area contributed by atoms with Crippen LogP contribution in [-0.2, 0) is 16.0 Å². The van der Waals surface area contributed by atoms with Crippen LogP contribution in [0.4, 0.5) is 14.9 Å². The first-order valence-corrected chi connectivity index (χ1v) is 6.33. The van der Waals surface area contributed by atoms with Crippen LogP contribution in [0.5, 0.6) is 0 Å². The lowest BCUT2D eigenvalue weighted by molar-refractivity contribution is -0.118. The Hall–Kier alpha value is -2.11. The van der Waals surface area contributed by atoms with E-state index in [4.69, 9.17) is 4.74 Å². The Morgan fingerprint density at radius 3 is 2.80 bits per heavy atom. The number of fused-ring (bicyclic) bond motifs is 1. The molecule has 108 valence electrons. The summed E-state index contributed by atoms with van der Waals surface area (Å²) in [6.07, 6.45) is -0.435. The van der Waals surface area contributed by atoms with E-state index in [1.807, 2.05) is 0 Å². The van der Waals surface area contributed by atoms with Gasteiger partial charge >= 0.3 is 6.09 Å². The first-order valence-electron chi connectivity index (χ1n) is 6.33. The molecular weight excluding hydrogens is 263 g/mol. The molecular formula is C14H17FN2O3. The van der Waals surface area contributed by atoms with Gasteiger partial charge < -0.3 is 15.4 Å². The van der Waals surface area contributed by atoms with Crippen molar-refractivity contribution in [1.82, 2.24) is 5.32 Å². The van der Waals surface area contributed by atoms with Crippen LogP contribution < -0.4 is 10.6 Å². The number of ether oxygens (including phenoxy) is 1. The maximum atomic E-state index is 13.2. The predicted octanol–water partition coefficient (Wildman–Crippen LogP) is 2.21. The Morgan fingerprint density at radius 2 is 2.15 bits per heavy atom. The average molecular weight is 280 g/mol. The fraction of sp³-hybridized carbons (Fsp3) is 0.429. The van der Waals surface area contributed by atoms with Crippen molar-refractivity contribution in [3.63, 3.8) is 0 Å². The van der Waals surface area contributed by atoms with Crippen LogP contribution in [0.25, 0.3) is 0 Å². The second-order valence-electron chi connectivity index (χ2n) is 5.69. The van der Waals surface area contributed by atoms with E-state index >= 15 is 0 Å². The molecule has 1 atom stereocenters. The zero-order chi connectivity index (χ0) is 14.9. The molecule has 1 unspecified atom stereocenters. The molecule has 2 N–H and O–H groups in total. The number of anilines is 1. The fourth-order valence-corrected chi connectivity index (χ4v) is 1.95. The SMILES string of the molecule is CC(C)(C)OC(=O)NC1Cc2cc(F)ccc2NC1=O. The van der Waals surface area contributed by atoms with Crippen LogP contribution in [0.1, 0.15) is 26.3 Å². The molecule has 0 bridgehead atoms. The van der Waals surface area contributed by atoms with Crippen molar-refractivity contribution >= 4 is 17.7 Å². The predicted molar refractivity (Wildman–Crippen MR) is 71.9 cm³/mol. The Bertz CT molecular complexity index is 552. The van der Waals surface area contributed by atoms with Crippen molar-refractivity contribution in [3.05, 3.63) is 29.6 Å². The molecule has 5 nitrogen and oxygen atoms in total. The van der Waals surface area contributed by atoms with E-state index in [-0.39, 0.29) is 18.1 Å². The number of halogens is 1. The summed E-state index contributed by atoms with van der Waals surface area (Å²) in [5.74, 6) is -0.717. The number of rotatable bonds is 1. The second kappa shape index (κ2) is 5.11. The second-order valence-corrected chi connectivity index (χ2v) is 5.69. The van der Waals surface area contributed by atoms with E-state index in [9.17, 15) is 14.0 Å². The van der Waals surface area contributed by atoms with Gasteiger partial charge in [-0.3, -0.25) is 4.79 Å². The van der Waals surface area contributed by atoms with Crippen LogP contribution in [-0.4, -0.2) is 23.6 Å². The maximum absolute atomic E-state index is 13.2. The molecule has 1 heterocycles. The molecule has 6 heteroatoms. The number of carbonyl (C=O) groups excluding carboxylic acids is 2. The van der Waals surface area contributed by atoms with E-state index in [2.05, 4.69) is 10.6 Å². The van der Waals surface area contributed by atoms with Gasteiger partial charge in [-0.05, 0) is 44.5 Å². The molecule has 1 aliphatic rings. The topological polar surface area (TPSA) is 67.4 Å². The highest BCUT2D eigenvalue weighted by Crippen LogP contribution is 2.23. The lowest BCUT2D eigenvalue weighted by atomic mass is 9.99. The zero-order valence-corrected chi connectivity index (χ0v) is 11.6. The highest BCUT2D eigenvalue weighted by atomic mass is 19.1. The Balaban J connectivity index is 2.07. The van der Waals surface area contributed by atoms with Gasteiger partial charge in [-0.15, -0.1) is 0 Å². The summed E-state index contributed by atoms with van der Waals surface area (Å²) in [6, 6.07) is 3.37. The summed E-state index contributed by atoms with van der Waals surface area (Å²) in [7, 11) is 0. The molecule has 0 aromatic heterocycles. The molecule has 1 aromatic carbocycles. The molecule has 1 aliphatic heterocycles. The number of amides is 2. The summed E-state index contributed by atoms with van der Waals surface area (Å²) in [5.41, 5.74) is 0.573. The van der Waals surface area contributed by atoms with Crippen LogP contribution in [0.3, 0.4) is 0 Å². The number of hydrogen-bond acceptors (Lipinski definition) is 3. The fourth-order valence-electron chi connectivity index (χ4n) is 1.95. The number of alkyl carbamates (subject to hydrolysis) is 1. The van der Waals surface area contributed by atoms with Gasteiger partial charge in [0.25, 0.3) is 0 Å². The molecule has 2 amide bonds. The minimum Gasteiger partial charge on any atom is -0.444 e. The van der Waals surface area contributed by atoms with E-state index in [0.29, 0.717) is 11.3 Å². The molecule has 2 rings (SSSR count). The van der Waals surface area contributed by atoms with Crippen molar-refractivity contribution in [2.24, 2.45) is 0 Å². The Labute approximate surface area is 116 Å². The quantitative estimate of drug-likeness (QED) is 0.828. The minimum absolute atomic E-state index is 0.234. The summed E-state index contributed by atoms with van der Waals surface area (Å²) in [4.78, 5) is 23.5. The Kier molecular flexibility index (Phi) is 3.65. The van der Waals surface area contributed by atoms with E-state index in [0.717, 1.165) is 0 Å². The third-order valence-electron chi connectivity index (χ3n) is 2.76. The molecule has 0 saturated heterocycles. The van der Waals surface area contributed by atoms with Gasteiger partial charge in [0.1, 0.15) is 17.5 Å². The first kappa shape index (κ1) is 14.3. The van der Waals surface area contributed by atoms with Crippen LogP contribution in [0.2, 0.25) is 0 Å². The van der Waals surface area contributed by atoms with E-state index in [1.54, 1.807) is 20.8 Å². The van der Waals surface area contributed by atoms with E-state index in [1.165, 1.54) is 18.2 Å². The normalized spacial score (nSPS) is 18.0. The third kappa shape index (κ3) is 3.46. The summed E-state index contributed by atoms with van der Waals surface area (Å²) in [6.45, 7) is 5.20. The van der Waals surface area contributed by atoms with Crippen LogP contribution in [0.15, 0.2) is 18.2 Å². The largest absolute Gasteiger partial charge is 0.444 e. The van der Waals surface area contributed by atoms with Crippen LogP contribution >= 0.6 is 0 Å². The summed E-state index contributed by atoms with van der Waals surface area (Å²) >= 11 is 0. The Morgan fingerprint density at radius 1 is 1.45 bits per heavy atom. The van der Waals surface area contributed by atoms with Crippen molar-refractivity contribution in [1.29, 1.82) is 0 Å². The lowest BCUT2D eigenvalue weighted by Crippen LogP contribution is -2.49. The van der Waals surface area contributed by atoms with Gasteiger partial charge in [-0.25, -0.2) is 9.18 Å². The van der Waals surface area contributed by atoms with Gasteiger partial charge in [-0.1, -0.05) is 0 Å². The molecule has 0 radical (unpaired) electrons. The van der Waals surface area contributed by atoms with Crippen molar-refractivity contribution < 1.29 is 18.7 Å². The molecule has 0 aliphatic carbocycles. The summed E-state index contributed by atoms with van der Waals surface area (Å²) < 4.78 is 18.3. The number of carbonyl (C=O) groups is 2. The highest BCUT2D eigenvalue weighted by molar-refractivity contribution is 5.99. The number of hydrogen-bond donors (Lipinski definition) is 2. The van der Waals surface area contributed by atoms with Gasteiger partial charge in [0, 0.05) is 12.1 Å². The van der Waals surface area contributed by atoms with Crippen molar-refractivity contribution in [2.75, 3.05) is 5.32 Å². The van der Waals surface area contributed by atoms with Gasteiger partial charge in [0.2, 0.25) is 5.91 Å². The van der Waals surface area contributed by atoms with E-state index < -0.39 is 17.7 Å². The van der Waals surface area contributed by atoms with Crippen molar-refractivity contribution in [3.8, 4) is 0 Å². The monoisotopic (exact) mass is 280 g/mol. The van der Waals surface area contributed by atoms with Gasteiger partial charge in [0.05, 0.1) is 0 Å². The highest BCUT2D eigenvalue weighted by Gasteiger charge is 2.29. The molecule has 0 spiro atoms. The van der Waals surface area contributed by atoms with Gasteiger partial charge in [-0.2, -0.15) is 0 Å². The van der Waals surface area contributed by atoms with Gasteiger partial charge in [0.15, 0.2) is 0 Å². The molecule has 1 aromatic rings. The smallest absolute Gasteiger partial charge is 0.408 e. The van der Waals surface area contributed by atoms with Crippen molar-refractivity contribution in [2.45, 2.75) is 38.8 Å². The molecule has 20 heavy (non-hydrogen) atoms. The molecule has 0 saturated carbocycles. The zero-order valence-electron chi connectivity index (χ0n) is 11.6. The minimum atomic E-state index is -0.765. The lowest BCUT2D eigenvalue weighted by Gasteiger charge is -2.27. The maximum Gasteiger partial charge on any atom is 0.408 e.